The highest BCUT2D eigenvalue weighted by Crippen LogP contribution is 2.42. The molecular weight excluding hydrogens is 288 g/mol. The Labute approximate surface area is 139 Å². The Bertz CT molecular complexity index is 581. The fourth-order valence-corrected chi connectivity index (χ4v) is 3.27. The Morgan fingerprint density at radius 1 is 1.13 bits per heavy atom. The van der Waals surface area contributed by atoms with Gasteiger partial charge < -0.3 is 10.6 Å². The van der Waals surface area contributed by atoms with Crippen LogP contribution in [0.4, 0.5) is 5.69 Å². The minimum absolute atomic E-state index is 0.0200. The molecule has 2 N–H and O–H groups in total. The van der Waals surface area contributed by atoms with Gasteiger partial charge in [-0.2, -0.15) is 0 Å². The van der Waals surface area contributed by atoms with E-state index in [2.05, 4.69) is 10.6 Å². The molecule has 0 heterocycles. The van der Waals surface area contributed by atoms with Crippen LogP contribution < -0.4 is 10.6 Å². The maximum Gasteiger partial charge on any atom is 0.231 e. The number of hydrogen-bond acceptors (Lipinski definition) is 2. The molecule has 2 amide bonds. The fraction of sp³-hybridized carbons (Fsp3) is 0.579. The standard InChI is InChI=1S/C19H28N2O2/c1-14-9-5-6-10-15(14)20-17(23)19(11-7-8-12-19)13-16(22)21-18(2,3)4/h5-6,9-10H,7-8,11-13H2,1-4H3,(H,20,23)(H,21,22). The first kappa shape index (κ1) is 17.5. The summed E-state index contributed by atoms with van der Waals surface area (Å²) in [6.45, 7) is 7.85. The summed E-state index contributed by atoms with van der Waals surface area (Å²) >= 11 is 0. The molecule has 2 rings (SSSR count). The van der Waals surface area contributed by atoms with E-state index in [1.54, 1.807) is 0 Å². The zero-order valence-corrected chi connectivity index (χ0v) is 14.7. The van der Waals surface area contributed by atoms with Crippen LogP contribution in [0.2, 0.25) is 0 Å². The van der Waals surface area contributed by atoms with Crippen LogP contribution in [0.25, 0.3) is 0 Å². The lowest BCUT2D eigenvalue weighted by atomic mass is 9.81. The Morgan fingerprint density at radius 3 is 2.30 bits per heavy atom. The van der Waals surface area contributed by atoms with Crippen molar-refractivity contribution in [2.24, 2.45) is 5.41 Å². The maximum atomic E-state index is 12.9. The molecule has 126 valence electrons. The molecule has 0 aromatic heterocycles. The van der Waals surface area contributed by atoms with E-state index in [1.165, 1.54) is 0 Å². The zero-order valence-electron chi connectivity index (χ0n) is 14.7. The summed E-state index contributed by atoms with van der Waals surface area (Å²) in [6.07, 6.45) is 3.83. The Hall–Kier alpha value is -1.84. The van der Waals surface area contributed by atoms with E-state index in [1.807, 2.05) is 52.0 Å². The highest BCUT2D eigenvalue weighted by molar-refractivity contribution is 5.98. The minimum Gasteiger partial charge on any atom is -0.351 e. The molecule has 0 bridgehead atoms. The first-order chi connectivity index (χ1) is 10.7. The van der Waals surface area contributed by atoms with Crippen molar-refractivity contribution in [1.82, 2.24) is 5.32 Å². The largest absolute Gasteiger partial charge is 0.351 e. The number of aryl methyl sites for hydroxylation is 1. The Morgan fingerprint density at radius 2 is 1.74 bits per heavy atom. The van der Waals surface area contributed by atoms with E-state index >= 15 is 0 Å². The molecule has 0 saturated heterocycles. The number of carbonyl (C=O) groups is 2. The van der Waals surface area contributed by atoms with Crippen LogP contribution in [0, 0.1) is 12.3 Å². The highest BCUT2D eigenvalue weighted by Gasteiger charge is 2.43. The zero-order chi connectivity index (χ0) is 17.1. The summed E-state index contributed by atoms with van der Waals surface area (Å²) in [5.41, 5.74) is 1.02. The predicted molar refractivity (Wildman–Crippen MR) is 93.2 cm³/mol. The molecule has 23 heavy (non-hydrogen) atoms. The second-order valence-corrected chi connectivity index (χ2v) is 7.73. The molecule has 1 aromatic rings. The van der Waals surface area contributed by atoms with E-state index < -0.39 is 5.41 Å². The van der Waals surface area contributed by atoms with Crippen LogP contribution >= 0.6 is 0 Å². The van der Waals surface area contributed by atoms with Gasteiger partial charge in [0.2, 0.25) is 11.8 Å². The molecule has 4 heteroatoms. The van der Waals surface area contributed by atoms with Gasteiger partial charge >= 0.3 is 0 Å². The van der Waals surface area contributed by atoms with Gasteiger partial charge in [-0.1, -0.05) is 31.0 Å². The van der Waals surface area contributed by atoms with Gasteiger partial charge in [-0.15, -0.1) is 0 Å². The minimum atomic E-state index is -0.572. The molecule has 0 unspecified atom stereocenters. The Balaban J connectivity index is 2.12. The van der Waals surface area contributed by atoms with E-state index in [0.717, 1.165) is 36.9 Å². The third-order valence-corrected chi connectivity index (χ3v) is 4.45. The summed E-state index contributed by atoms with van der Waals surface area (Å²) in [5, 5.41) is 6.02. The van der Waals surface area contributed by atoms with E-state index in [9.17, 15) is 9.59 Å². The number of hydrogen-bond donors (Lipinski definition) is 2. The highest BCUT2D eigenvalue weighted by atomic mass is 16.2. The molecule has 1 fully saturated rings. The molecule has 1 aromatic carbocycles. The van der Waals surface area contributed by atoms with Gasteiger partial charge in [-0.05, 0) is 52.2 Å². The fourth-order valence-electron chi connectivity index (χ4n) is 3.27. The number of rotatable bonds is 4. The molecule has 1 aliphatic rings. The van der Waals surface area contributed by atoms with Crippen LogP contribution in [0.5, 0.6) is 0 Å². The van der Waals surface area contributed by atoms with Gasteiger partial charge in [0.15, 0.2) is 0 Å². The van der Waals surface area contributed by atoms with Gasteiger partial charge in [-0.3, -0.25) is 9.59 Å². The summed E-state index contributed by atoms with van der Waals surface area (Å²) in [4.78, 5) is 25.3. The smallest absolute Gasteiger partial charge is 0.231 e. The lowest BCUT2D eigenvalue weighted by Crippen LogP contribution is -2.45. The number of anilines is 1. The second-order valence-electron chi connectivity index (χ2n) is 7.73. The van der Waals surface area contributed by atoms with E-state index in [-0.39, 0.29) is 23.8 Å². The SMILES string of the molecule is Cc1ccccc1NC(=O)C1(CC(=O)NC(C)(C)C)CCCC1. The summed E-state index contributed by atoms with van der Waals surface area (Å²) in [5.74, 6) is -0.0623. The van der Waals surface area contributed by atoms with Gasteiger partial charge in [0, 0.05) is 17.6 Å². The molecular formula is C19H28N2O2. The van der Waals surface area contributed by atoms with Crippen molar-refractivity contribution in [2.45, 2.75) is 65.3 Å². The molecule has 4 nitrogen and oxygen atoms in total. The van der Waals surface area contributed by atoms with Crippen molar-refractivity contribution < 1.29 is 9.59 Å². The molecule has 1 aliphatic carbocycles. The Kier molecular flexibility index (Phi) is 5.12. The van der Waals surface area contributed by atoms with Crippen molar-refractivity contribution in [3.05, 3.63) is 29.8 Å². The summed E-state index contributed by atoms with van der Waals surface area (Å²) in [7, 11) is 0. The molecule has 0 spiro atoms. The van der Waals surface area contributed by atoms with Crippen molar-refractivity contribution >= 4 is 17.5 Å². The topological polar surface area (TPSA) is 58.2 Å². The van der Waals surface area contributed by atoms with Crippen LogP contribution in [-0.2, 0) is 9.59 Å². The van der Waals surface area contributed by atoms with Gasteiger partial charge in [-0.25, -0.2) is 0 Å². The number of para-hydroxylation sites is 1. The number of nitrogens with one attached hydrogen (secondary N) is 2. The summed E-state index contributed by atoms with van der Waals surface area (Å²) < 4.78 is 0. The van der Waals surface area contributed by atoms with Crippen LogP contribution in [0.3, 0.4) is 0 Å². The van der Waals surface area contributed by atoms with Crippen molar-refractivity contribution in [3.8, 4) is 0 Å². The van der Waals surface area contributed by atoms with Gasteiger partial charge in [0.25, 0.3) is 0 Å². The average Bonchev–Trinajstić information content (AvgIpc) is 2.88. The maximum absolute atomic E-state index is 12.9. The quantitative estimate of drug-likeness (QED) is 0.887. The van der Waals surface area contributed by atoms with Gasteiger partial charge in [0.05, 0.1) is 5.41 Å². The first-order valence-electron chi connectivity index (χ1n) is 8.40. The third-order valence-electron chi connectivity index (χ3n) is 4.45. The number of amides is 2. The molecule has 1 saturated carbocycles. The van der Waals surface area contributed by atoms with Crippen molar-refractivity contribution in [3.63, 3.8) is 0 Å². The normalized spacial score (nSPS) is 16.9. The van der Waals surface area contributed by atoms with Gasteiger partial charge in [0.1, 0.15) is 0 Å². The second kappa shape index (κ2) is 6.73. The lowest BCUT2D eigenvalue weighted by Gasteiger charge is -2.29. The van der Waals surface area contributed by atoms with Crippen LogP contribution in [0.1, 0.15) is 58.4 Å². The molecule has 0 atom stereocenters. The average molecular weight is 316 g/mol. The predicted octanol–water partition coefficient (Wildman–Crippen LogP) is 3.80. The monoisotopic (exact) mass is 316 g/mol. The first-order valence-corrected chi connectivity index (χ1v) is 8.40. The third kappa shape index (κ3) is 4.57. The molecule has 0 radical (unpaired) electrons. The van der Waals surface area contributed by atoms with Crippen LogP contribution in [0.15, 0.2) is 24.3 Å². The van der Waals surface area contributed by atoms with Crippen molar-refractivity contribution in [1.29, 1.82) is 0 Å². The number of benzene rings is 1. The van der Waals surface area contributed by atoms with E-state index in [0.29, 0.717) is 0 Å². The lowest BCUT2D eigenvalue weighted by molar-refractivity contribution is -0.133. The summed E-state index contributed by atoms with van der Waals surface area (Å²) in [6, 6.07) is 7.75. The van der Waals surface area contributed by atoms with Crippen LogP contribution in [-0.4, -0.2) is 17.4 Å². The molecule has 0 aliphatic heterocycles. The van der Waals surface area contributed by atoms with E-state index in [4.69, 9.17) is 0 Å². The van der Waals surface area contributed by atoms with Crippen molar-refractivity contribution in [2.75, 3.05) is 5.32 Å². The number of carbonyl (C=O) groups excluding carboxylic acids is 2.